The topological polar surface area (TPSA) is 49.4 Å². The van der Waals surface area contributed by atoms with Crippen molar-refractivity contribution in [2.45, 2.75) is 39.3 Å². The van der Waals surface area contributed by atoms with Crippen molar-refractivity contribution in [1.29, 1.82) is 0 Å². The third kappa shape index (κ3) is 2.56. The molecule has 1 aliphatic heterocycles. The Labute approximate surface area is 111 Å². The molecule has 0 atom stereocenters. The second-order valence-corrected chi connectivity index (χ2v) is 6.18. The Bertz CT molecular complexity index is 479. The van der Waals surface area contributed by atoms with E-state index in [1.807, 2.05) is 12.3 Å². The Morgan fingerprint density at radius 1 is 1.44 bits per heavy atom. The summed E-state index contributed by atoms with van der Waals surface area (Å²) in [5.74, 6) is -0.0695. The quantitative estimate of drug-likeness (QED) is 0.885. The monoisotopic (exact) mass is 266 g/mol. The summed E-state index contributed by atoms with van der Waals surface area (Å²) in [5.41, 5.74) is 0.396. The SMILES string of the molecule is Cc1ccsc1CN1CCC(=O)NC(C)(C)C1=O. The molecule has 1 aromatic rings. The van der Waals surface area contributed by atoms with Gasteiger partial charge in [-0.1, -0.05) is 0 Å². The van der Waals surface area contributed by atoms with Crippen LogP contribution >= 0.6 is 11.3 Å². The number of hydrogen-bond donors (Lipinski definition) is 1. The molecule has 18 heavy (non-hydrogen) atoms. The van der Waals surface area contributed by atoms with E-state index in [-0.39, 0.29) is 11.8 Å². The van der Waals surface area contributed by atoms with Crippen LogP contribution < -0.4 is 5.32 Å². The molecule has 1 N–H and O–H groups in total. The van der Waals surface area contributed by atoms with E-state index in [1.54, 1.807) is 30.1 Å². The Morgan fingerprint density at radius 2 is 2.17 bits per heavy atom. The second-order valence-electron chi connectivity index (χ2n) is 5.18. The molecule has 2 rings (SSSR count). The van der Waals surface area contributed by atoms with E-state index < -0.39 is 5.54 Å². The lowest BCUT2D eigenvalue weighted by Crippen LogP contribution is -2.52. The highest BCUT2D eigenvalue weighted by atomic mass is 32.1. The predicted molar refractivity (Wildman–Crippen MR) is 71.3 cm³/mol. The molecule has 1 aliphatic rings. The molecular weight excluding hydrogens is 248 g/mol. The maximum atomic E-state index is 12.4. The van der Waals surface area contributed by atoms with Crippen LogP contribution in [0.1, 0.15) is 30.7 Å². The number of nitrogens with zero attached hydrogens (tertiary/aromatic N) is 1. The summed E-state index contributed by atoms with van der Waals surface area (Å²) in [6.45, 7) is 6.65. The van der Waals surface area contributed by atoms with Crippen molar-refractivity contribution in [2.75, 3.05) is 6.54 Å². The molecule has 0 saturated carbocycles. The van der Waals surface area contributed by atoms with Crippen LogP contribution in [-0.4, -0.2) is 28.8 Å². The van der Waals surface area contributed by atoms with Crippen LogP contribution in [0.4, 0.5) is 0 Å². The van der Waals surface area contributed by atoms with Gasteiger partial charge in [-0.05, 0) is 37.8 Å². The molecule has 0 bridgehead atoms. The number of aryl methyl sites for hydroxylation is 1. The molecule has 0 spiro atoms. The first-order valence-electron chi connectivity index (χ1n) is 6.03. The van der Waals surface area contributed by atoms with Gasteiger partial charge in [0.15, 0.2) is 0 Å². The summed E-state index contributed by atoms with van der Waals surface area (Å²) in [7, 11) is 0. The lowest BCUT2D eigenvalue weighted by atomic mass is 10.0. The van der Waals surface area contributed by atoms with E-state index in [9.17, 15) is 9.59 Å². The molecule has 0 radical (unpaired) electrons. The van der Waals surface area contributed by atoms with Crippen LogP contribution in [0, 0.1) is 6.92 Å². The fraction of sp³-hybridized carbons (Fsp3) is 0.538. The number of thiophene rings is 1. The van der Waals surface area contributed by atoms with Crippen LogP contribution in [-0.2, 0) is 16.1 Å². The molecule has 1 saturated heterocycles. The summed E-state index contributed by atoms with van der Waals surface area (Å²) in [4.78, 5) is 26.9. The molecule has 98 valence electrons. The first-order valence-corrected chi connectivity index (χ1v) is 6.91. The number of carbonyl (C=O) groups excluding carboxylic acids is 2. The van der Waals surface area contributed by atoms with Gasteiger partial charge in [-0.2, -0.15) is 0 Å². The Kier molecular flexibility index (Phi) is 3.43. The fourth-order valence-electron chi connectivity index (χ4n) is 2.09. The zero-order valence-corrected chi connectivity index (χ0v) is 11.8. The average Bonchev–Trinajstić information content (AvgIpc) is 2.64. The minimum atomic E-state index is -0.807. The fourth-order valence-corrected chi connectivity index (χ4v) is 3.01. The highest BCUT2D eigenvalue weighted by molar-refractivity contribution is 7.10. The molecule has 4 nitrogen and oxygen atoms in total. The number of carbonyl (C=O) groups is 2. The minimum absolute atomic E-state index is 0.0128. The number of hydrogen-bond acceptors (Lipinski definition) is 3. The molecule has 2 heterocycles. The van der Waals surface area contributed by atoms with Gasteiger partial charge in [-0.3, -0.25) is 9.59 Å². The van der Waals surface area contributed by atoms with Crippen molar-refractivity contribution < 1.29 is 9.59 Å². The van der Waals surface area contributed by atoms with Crippen molar-refractivity contribution in [3.63, 3.8) is 0 Å². The lowest BCUT2D eigenvalue weighted by Gasteiger charge is -2.28. The third-order valence-corrected chi connectivity index (χ3v) is 4.19. The van der Waals surface area contributed by atoms with Gasteiger partial charge in [-0.15, -0.1) is 11.3 Å². The Hall–Kier alpha value is -1.36. The molecule has 0 unspecified atom stereocenters. The lowest BCUT2D eigenvalue weighted by molar-refractivity contribution is -0.137. The van der Waals surface area contributed by atoms with Crippen molar-refractivity contribution >= 4 is 23.2 Å². The molecule has 2 amide bonds. The van der Waals surface area contributed by atoms with Crippen molar-refractivity contribution in [2.24, 2.45) is 0 Å². The van der Waals surface area contributed by atoms with Crippen LogP contribution in [0.5, 0.6) is 0 Å². The summed E-state index contributed by atoms with van der Waals surface area (Å²) in [6.07, 6.45) is 0.375. The minimum Gasteiger partial charge on any atom is -0.342 e. The van der Waals surface area contributed by atoms with Crippen LogP contribution in [0.15, 0.2) is 11.4 Å². The summed E-state index contributed by atoms with van der Waals surface area (Å²) < 4.78 is 0. The molecule has 0 aliphatic carbocycles. The van der Waals surface area contributed by atoms with Gasteiger partial charge in [0.1, 0.15) is 5.54 Å². The molecule has 0 aromatic carbocycles. The Morgan fingerprint density at radius 3 is 2.78 bits per heavy atom. The van der Waals surface area contributed by atoms with E-state index >= 15 is 0 Å². The van der Waals surface area contributed by atoms with Gasteiger partial charge in [0.05, 0.1) is 6.54 Å². The average molecular weight is 266 g/mol. The second kappa shape index (κ2) is 4.72. The van der Waals surface area contributed by atoms with Gasteiger partial charge in [0, 0.05) is 17.8 Å². The van der Waals surface area contributed by atoms with Gasteiger partial charge < -0.3 is 10.2 Å². The van der Waals surface area contributed by atoms with E-state index in [0.717, 1.165) is 0 Å². The van der Waals surface area contributed by atoms with Gasteiger partial charge in [0.2, 0.25) is 11.8 Å². The third-order valence-electron chi connectivity index (χ3n) is 3.19. The Balaban J connectivity index is 2.19. The van der Waals surface area contributed by atoms with Crippen LogP contribution in [0.25, 0.3) is 0 Å². The standard InChI is InChI=1S/C13H18N2O2S/c1-9-5-7-18-10(9)8-15-6-4-11(16)14-13(2,3)12(15)17/h5,7H,4,6,8H2,1-3H3,(H,14,16). The van der Waals surface area contributed by atoms with E-state index in [0.29, 0.717) is 19.5 Å². The van der Waals surface area contributed by atoms with Crippen LogP contribution in [0.2, 0.25) is 0 Å². The maximum Gasteiger partial charge on any atom is 0.248 e. The normalized spacial score (nSPS) is 19.6. The molecular formula is C13H18N2O2S. The zero-order chi connectivity index (χ0) is 13.3. The summed E-state index contributed by atoms with van der Waals surface area (Å²) >= 11 is 1.65. The molecule has 1 aromatic heterocycles. The highest BCUT2D eigenvalue weighted by Crippen LogP contribution is 2.21. The number of rotatable bonds is 2. The van der Waals surface area contributed by atoms with Crippen molar-refractivity contribution in [3.05, 3.63) is 21.9 Å². The van der Waals surface area contributed by atoms with E-state index in [2.05, 4.69) is 11.4 Å². The summed E-state index contributed by atoms with van der Waals surface area (Å²) in [6, 6.07) is 2.05. The number of nitrogens with one attached hydrogen (secondary N) is 1. The van der Waals surface area contributed by atoms with Gasteiger partial charge >= 0.3 is 0 Å². The van der Waals surface area contributed by atoms with Crippen molar-refractivity contribution in [1.82, 2.24) is 10.2 Å². The number of amides is 2. The zero-order valence-electron chi connectivity index (χ0n) is 10.9. The summed E-state index contributed by atoms with van der Waals surface area (Å²) in [5, 5.41) is 4.79. The van der Waals surface area contributed by atoms with Crippen molar-refractivity contribution in [3.8, 4) is 0 Å². The first-order chi connectivity index (χ1) is 8.40. The maximum absolute atomic E-state index is 12.4. The van der Waals surface area contributed by atoms with E-state index in [1.165, 1.54) is 10.4 Å². The van der Waals surface area contributed by atoms with Gasteiger partial charge in [-0.25, -0.2) is 0 Å². The van der Waals surface area contributed by atoms with Crippen LogP contribution in [0.3, 0.4) is 0 Å². The largest absolute Gasteiger partial charge is 0.342 e. The molecule has 5 heteroatoms. The molecule has 1 fully saturated rings. The first kappa shape index (κ1) is 13.1. The highest BCUT2D eigenvalue weighted by Gasteiger charge is 2.36. The smallest absolute Gasteiger partial charge is 0.248 e. The van der Waals surface area contributed by atoms with E-state index in [4.69, 9.17) is 0 Å². The van der Waals surface area contributed by atoms with Gasteiger partial charge in [0.25, 0.3) is 0 Å². The predicted octanol–water partition coefficient (Wildman–Crippen LogP) is 1.68.